The van der Waals surface area contributed by atoms with E-state index in [-0.39, 0.29) is 0 Å². The SMILES string of the molecule is COc1ccc(Nc2cc3[nH]c(-c4cn[nH]c4)cc3cn2)cc1OC. The number of fused-ring (bicyclic) bond motifs is 1. The molecule has 1 aromatic carbocycles. The highest BCUT2D eigenvalue weighted by molar-refractivity contribution is 5.87. The number of benzene rings is 1. The number of pyridine rings is 1. The minimum atomic E-state index is 0.663. The molecular formula is C18H17N5O2. The third-order valence-electron chi connectivity index (χ3n) is 3.97. The number of aromatic amines is 2. The second-order valence-electron chi connectivity index (χ2n) is 5.52. The molecule has 0 fully saturated rings. The normalized spacial score (nSPS) is 10.8. The molecule has 0 aliphatic rings. The van der Waals surface area contributed by atoms with Crippen molar-refractivity contribution in [2.75, 3.05) is 19.5 Å². The zero-order valence-corrected chi connectivity index (χ0v) is 13.8. The highest BCUT2D eigenvalue weighted by Crippen LogP contribution is 2.31. The average Bonchev–Trinajstić information content (AvgIpc) is 3.30. The standard InChI is InChI=1S/C18H17N5O2/c1-24-16-4-3-13(6-17(16)25-2)22-18-7-15-11(8-19-18)5-14(23-15)12-9-20-21-10-12/h3-10,23H,1-2H3,(H,19,22)(H,20,21). The van der Waals surface area contributed by atoms with Gasteiger partial charge in [0.25, 0.3) is 0 Å². The molecule has 3 N–H and O–H groups in total. The lowest BCUT2D eigenvalue weighted by Crippen LogP contribution is -1.95. The van der Waals surface area contributed by atoms with Crippen LogP contribution in [0.25, 0.3) is 22.2 Å². The quantitative estimate of drug-likeness (QED) is 0.517. The van der Waals surface area contributed by atoms with Gasteiger partial charge in [-0.2, -0.15) is 5.10 Å². The number of hydrogen-bond acceptors (Lipinski definition) is 5. The molecule has 126 valence electrons. The maximum atomic E-state index is 5.33. The molecule has 0 aliphatic carbocycles. The Morgan fingerprint density at radius 2 is 1.88 bits per heavy atom. The van der Waals surface area contributed by atoms with Gasteiger partial charge in [-0.1, -0.05) is 0 Å². The van der Waals surface area contributed by atoms with Crippen LogP contribution in [-0.4, -0.2) is 34.4 Å². The molecule has 0 aliphatic heterocycles. The van der Waals surface area contributed by atoms with E-state index >= 15 is 0 Å². The lowest BCUT2D eigenvalue weighted by Gasteiger charge is -2.10. The van der Waals surface area contributed by atoms with Crippen molar-refractivity contribution >= 4 is 22.4 Å². The van der Waals surface area contributed by atoms with Crippen molar-refractivity contribution in [1.29, 1.82) is 0 Å². The Morgan fingerprint density at radius 3 is 2.64 bits per heavy atom. The van der Waals surface area contributed by atoms with E-state index in [9.17, 15) is 0 Å². The van der Waals surface area contributed by atoms with Gasteiger partial charge < -0.3 is 19.8 Å². The van der Waals surface area contributed by atoms with E-state index in [4.69, 9.17) is 9.47 Å². The minimum Gasteiger partial charge on any atom is -0.493 e. The molecule has 0 radical (unpaired) electrons. The Morgan fingerprint density at radius 1 is 1.00 bits per heavy atom. The molecule has 0 saturated heterocycles. The van der Waals surface area contributed by atoms with Crippen LogP contribution < -0.4 is 14.8 Å². The van der Waals surface area contributed by atoms with E-state index in [2.05, 4.69) is 25.5 Å². The molecule has 3 aromatic heterocycles. The van der Waals surface area contributed by atoms with Crippen molar-refractivity contribution in [2.24, 2.45) is 0 Å². The monoisotopic (exact) mass is 335 g/mol. The van der Waals surface area contributed by atoms with Gasteiger partial charge in [0.2, 0.25) is 0 Å². The molecule has 0 bridgehead atoms. The van der Waals surface area contributed by atoms with Crippen molar-refractivity contribution in [2.45, 2.75) is 0 Å². The van der Waals surface area contributed by atoms with Gasteiger partial charge in [-0.25, -0.2) is 4.98 Å². The van der Waals surface area contributed by atoms with Gasteiger partial charge in [0.05, 0.1) is 25.9 Å². The molecule has 0 saturated carbocycles. The second-order valence-corrected chi connectivity index (χ2v) is 5.52. The highest BCUT2D eigenvalue weighted by Gasteiger charge is 2.08. The molecular weight excluding hydrogens is 318 g/mol. The van der Waals surface area contributed by atoms with Crippen LogP contribution >= 0.6 is 0 Å². The molecule has 0 spiro atoms. The Hall–Kier alpha value is -3.48. The number of methoxy groups -OCH3 is 2. The first-order valence-electron chi connectivity index (χ1n) is 7.74. The molecule has 0 amide bonds. The summed E-state index contributed by atoms with van der Waals surface area (Å²) >= 11 is 0. The van der Waals surface area contributed by atoms with Crippen molar-refractivity contribution in [1.82, 2.24) is 20.2 Å². The first-order chi connectivity index (χ1) is 12.3. The fourth-order valence-electron chi connectivity index (χ4n) is 2.71. The third kappa shape index (κ3) is 2.87. The number of aromatic nitrogens is 4. The molecule has 25 heavy (non-hydrogen) atoms. The number of anilines is 2. The first kappa shape index (κ1) is 15.1. The van der Waals surface area contributed by atoms with Crippen molar-refractivity contribution < 1.29 is 9.47 Å². The summed E-state index contributed by atoms with van der Waals surface area (Å²) in [5.74, 6) is 2.08. The Labute approximate surface area is 144 Å². The summed E-state index contributed by atoms with van der Waals surface area (Å²) in [4.78, 5) is 7.85. The second kappa shape index (κ2) is 6.20. The smallest absolute Gasteiger partial charge is 0.162 e. The van der Waals surface area contributed by atoms with Crippen LogP contribution in [0.15, 0.2) is 48.9 Å². The Balaban J connectivity index is 1.63. The molecule has 4 aromatic rings. The Bertz CT molecular complexity index is 1010. The number of nitrogens with one attached hydrogen (secondary N) is 3. The number of hydrogen-bond donors (Lipinski definition) is 3. The summed E-state index contributed by atoms with van der Waals surface area (Å²) in [6.45, 7) is 0. The summed E-state index contributed by atoms with van der Waals surface area (Å²) < 4.78 is 10.6. The number of rotatable bonds is 5. The number of H-pyrrole nitrogens is 2. The predicted molar refractivity (Wildman–Crippen MR) is 96.5 cm³/mol. The highest BCUT2D eigenvalue weighted by atomic mass is 16.5. The summed E-state index contributed by atoms with van der Waals surface area (Å²) in [5, 5.41) is 11.1. The molecule has 4 rings (SSSR count). The maximum absolute atomic E-state index is 5.33. The van der Waals surface area contributed by atoms with Crippen LogP contribution in [0.5, 0.6) is 11.5 Å². The summed E-state index contributed by atoms with van der Waals surface area (Å²) in [7, 11) is 3.23. The molecule has 7 nitrogen and oxygen atoms in total. The van der Waals surface area contributed by atoms with Crippen LogP contribution in [0, 0.1) is 0 Å². The van der Waals surface area contributed by atoms with Crippen LogP contribution in [0.4, 0.5) is 11.5 Å². The molecule has 0 atom stereocenters. The summed E-state index contributed by atoms with van der Waals surface area (Å²) in [6.07, 6.45) is 5.46. The van der Waals surface area contributed by atoms with Gasteiger partial charge in [0.15, 0.2) is 11.5 Å². The predicted octanol–water partition coefficient (Wildman–Crippen LogP) is 3.71. The van der Waals surface area contributed by atoms with Gasteiger partial charge >= 0.3 is 0 Å². The maximum Gasteiger partial charge on any atom is 0.162 e. The Kier molecular flexibility index (Phi) is 3.74. The van der Waals surface area contributed by atoms with Crippen LogP contribution in [-0.2, 0) is 0 Å². The zero-order chi connectivity index (χ0) is 17.2. The van der Waals surface area contributed by atoms with E-state index < -0.39 is 0 Å². The van der Waals surface area contributed by atoms with Crippen molar-refractivity contribution in [3.05, 3.63) is 48.9 Å². The van der Waals surface area contributed by atoms with E-state index in [1.54, 1.807) is 20.4 Å². The van der Waals surface area contributed by atoms with Crippen molar-refractivity contribution in [3.63, 3.8) is 0 Å². The van der Waals surface area contributed by atoms with Crippen LogP contribution in [0.3, 0.4) is 0 Å². The minimum absolute atomic E-state index is 0.663. The van der Waals surface area contributed by atoms with Gasteiger partial charge in [-0.15, -0.1) is 0 Å². The van der Waals surface area contributed by atoms with Gasteiger partial charge in [0.1, 0.15) is 5.82 Å². The topological polar surface area (TPSA) is 87.8 Å². The van der Waals surface area contributed by atoms with Crippen molar-refractivity contribution in [3.8, 4) is 22.8 Å². The van der Waals surface area contributed by atoms with Crippen LogP contribution in [0.2, 0.25) is 0 Å². The first-order valence-corrected chi connectivity index (χ1v) is 7.74. The zero-order valence-electron chi connectivity index (χ0n) is 13.8. The van der Waals surface area contributed by atoms with Gasteiger partial charge in [0, 0.05) is 46.9 Å². The van der Waals surface area contributed by atoms with E-state index in [0.717, 1.165) is 33.7 Å². The van der Waals surface area contributed by atoms with E-state index in [1.807, 2.05) is 42.7 Å². The summed E-state index contributed by atoms with van der Waals surface area (Å²) in [6, 6.07) is 9.66. The molecule has 7 heteroatoms. The number of ether oxygens (including phenoxy) is 2. The fourth-order valence-corrected chi connectivity index (χ4v) is 2.71. The van der Waals surface area contributed by atoms with E-state index in [0.29, 0.717) is 11.5 Å². The number of nitrogens with zero attached hydrogens (tertiary/aromatic N) is 2. The van der Waals surface area contributed by atoms with E-state index in [1.165, 1.54) is 0 Å². The van der Waals surface area contributed by atoms with Gasteiger partial charge in [-0.3, -0.25) is 5.10 Å². The lowest BCUT2D eigenvalue weighted by atomic mass is 10.2. The average molecular weight is 335 g/mol. The lowest BCUT2D eigenvalue weighted by molar-refractivity contribution is 0.355. The molecule has 0 unspecified atom stereocenters. The summed E-state index contributed by atoms with van der Waals surface area (Å²) in [5.41, 5.74) is 3.86. The van der Waals surface area contributed by atoms with Gasteiger partial charge in [-0.05, 0) is 18.2 Å². The van der Waals surface area contributed by atoms with Crippen LogP contribution in [0.1, 0.15) is 0 Å². The molecule has 3 heterocycles. The largest absolute Gasteiger partial charge is 0.493 e. The fraction of sp³-hybridized carbons (Fsp3) is 0.111. The third-order valence-corrected chi connectivity index (χ3v) is 3.97.